The maximum Gasteiger partial charge on any atom is 0.0509 e. The van der Waals surface area contributed by atoms with Crippen LogP contribution in [0.5, 0.6) is 0 Å². The van der Waals surface area contributed by atoms with Gasteiger partial charge in [0.2, 0.25) is 0 Å². The van der Waals surface area contributed by atoms with Crippen LogP contribution in [0.25, 0.3) is 0 Å². The lowest BCUT2D eigenvalue weighted by Gasteiger charge is -2.13. The SMILES string of the molecule is CS(=O)Cc1c(Cl)ccc(C2CC2)c1S(C)=O. The van der Waals surface area contributed by atoms with Gasteiger partial charge >= 0.3 is 0 Å². The summed E-state index contributed by atoms with van der Waals surface area (Å²) in [5.74, 6) is 0.907. The number of hydrogen-bond donors (Lipinski definition) is 0. The summed E-state index contributed by atoms with van der Waals surface area (Å²) in [5, 5.41) is 0.579. The molecule has 0 bridgehead atoms. The Morgan fingerprint density at radius 3 is 2.41 bits per heavy atom. The van der Waals surface area contributed by atoms with Crippen LogP contribution < -0.4 is 0 Å². The molecule has 2 unspecified atom stereocenters. The maximum absolute atomic E-state index is 11.9. The monoisotopic (exact) mass is 290 g/mol. The Kier molecular flexibility index (Phi) is 4.06. The topological polar surface area (TPSA) is 34.1 Å². The van der Waals surface area contributed by atoms with Crippen LogP contribution in [0.2, 0.25) is 5.02 Å². The van der Waals surface area contributed by atoms with Crippen molar-refractivity contribution in [1.82, 2.24) is 0 Å². The van der Waals surface area contributed by atoms with Gasteiger partial charge in [-0.2, -0.15) is 0 Å². The average molecular weight is 291 g/mol. The molecule has 17 heavy (non-hydrogen) atoms. The van der Waals surface area contributed by atoms with E-state index < -0.39 is 21.6 Å². The molecule has 1 aliphatic carbocycles. The van der Waals surface area contributed by atoms with Crippen molar-refractivity contribution in [1.29, 1.82) is 0 Å². The smallest absolute Gasteiger partial charge is 0.0509 e. The van der Waals surface area contributed by atoms with E-state index in [1.807, 2.05) is 12.1 Å². The van der Waals surface area contributed by atoms with Crippen LogP contribution in [0, 0.1) is 0 Å². The minimum absolute atomic E-state index is 0.383. The van der Waals surface area contributed by atoms with Crippen molar-refractivity contribution in [3.05, 3.63) is 28.3 Å². The summed E-state index contributed by atoms with van der Waals surface area (Å²) >= 11 is 6.15. The van der Waals surface area contributed by atoms with Crippen LogP contribution in [0.15, 0.2) is 17.0 Å². The molecule has 0 aromatic heterocycles. The molecule has 5 heteroatoms. The minimum atomic E-state index is -1.08. The molecule has 0 radical (unpaired) electrons. The van der Waals surface area contributed by atoms with E-state index in [4.69, 9.17) is 11.6 Å². The molecule has 2 atom stereocenters. The van der Waals surface area contributed by atoms with E-state index >= 15 is 0 Å². The van der Waals surface area contributed by atoms with Crippen LogP contribution in [-0.4, -0.2) is 20.9 Å². The minimum Gasteiger partial charge on any atom is -0.260 e. The second-order valence-electron chi connectivity index (χ2n) is 4.39. The number of hydrogen-bond acceptors (Lipinski definition) is 2. The third kappa shape index (κ3) is 2.98. The zero-order valence-corrected chi connectivity index (χ0v) is 12.3. The molecule has 0 aliphatic heterocycles. The van der Waals surface area contributed by atoms with E-state index in [-0.39, 0.29) is 0 Å². The summed E-state index contributed by atoms with van der Waals surface area (Å²) in [6.07, 6.45) is 5.61. The van der Waals surface area contributed by atoms with Crippen molar-refractivity contribution in [3.8, 4) is 0 Å². The molecule has 2 rings (SSSR count). The van der Waals surface area contributed by atoms with Crippen LogP contribution >= 0.6 is 11.6 Å². The Morgan fingerprint density at radius 1 is 1.29 bits per heavy atom. The molecule has 0 spiro atoms. The zero-order valence-electron chi connectivity index (χ0n) is 9.86. The lowest BCUT2D eigenvalue weighted by Crippen LogP contribution is -2.04. The predicted molar refractivity (Wildman–Crippen MR) is 73.5 cm³/mol. The zero-order chi connectivity index (χ0) is 12.6. The van der Waals surface area contributed by atoms with Crippen molar-refractivity contribution in [3.63, 3.8) is 0 Å². The highest BCUT2D eigenvalue weighted by Crippen LogP contribution is 2.44. The molecular weight excluding hydrogens is 276 g/mol. The van der Waals surface area contributed by atoms with Crippen LogP contribution in [0.1, 0.15) is 29.9 Å². The number of halogens is 1. The van der Waals surface area contributed by atoms with Crippen LogP contribution in [0.4, 0.5) is 0 Å². The molecule has 1 aromatic rings. The third-order valence-electron chi connectivity index (χ3n) is 2.89. The molecule has 0 N–H and O–H groups in total. The second-order valence-corrected chi connectivity index (χ2v) is 7.55. The van der Waals surface area contributed by atoms with Gasteiger partial charge in [-0.1, -0.05) is 17.7 Å². The number of rotatable bonds is 4. The molecular formula is C12H15ClO2S2. The van der Waals surface area contributed by atoms with Crippen molar-refractivity contribution >= 4 is 33.2 Å². The summed E-state index contributed by atoms with van der Waals surface area (Å²) < 4.78 is 23.3. The summed E-state index contributed by atoms with van der Waals surface area (Å²) in [6, 6.07) is 3.81. The van der Waals surface area contributed by atoms with Gasteiger partial charge in [-0.05, 0) is 36.0 Å². The fraction of sp³-hybridized carbons (Fsp3) is 0.500. The average Bonchev–Trinajstić information content (AvgIpc) is 3.03. The van der Waals surface area contributed by atoms with Gasteiger partial charge in [0.15, 0.2) is 0 Å². The first-order chi connectivity index (χ1) is 8.00. The third-order valence-corrected chi connectivity index (χ3v) is 4.99. The van der Waals surface area contributed by atoms with Gasteiger partial charge in [0.1, 0.15) is 0 Å². The Bertz CT molecular complexity index is 496. The fourth-order valence-corrected chi connectivity index (χ4v) is 4.27. The normalized spacial score (nSPS) is 19.0. The fourth-order valence-electron chi connectivity index (χ4n) is 2.01. The Balaban J connectivity index is 2.56. The van der Waals surface area contributed by atoms with Crippen molar-refractivity contribution in [2.45, 2.75) is 29.4 Å². The summed E-state index contributed by atoms with van der Waals surface area (Å²) in [7, 11) is -2.05. The first kappa shape index (κ1) is 13.2. The Hall–Kier alpha value is -0.190. The van der Waals surface area contributed by atoms with Crippen LogP contribution in [-0.2, 0) is 27.4 Å². The standard InChI is InChI=1S/C12H15ClO2S2/c1-16(14)7-10-11(13)6-5-9(8-3-4-8)12(10)17(2)15/h5-6,8H,3-4,7H2,1-2H3. The van der Waals surface area contributed by atoms with E-state index in [0.29, 0.717) is 16.7 Å². The van der Waals surface area contributed by atoms with Gasteiger partial charge in [0, 0.05) is 33.2 Å². The quantitative estimate of drug-likeness (QED) is 0.854. The molecule has 2 nitrogen and oxygen atoms in total. The van der Waals surface area contributed by atoms with E-state index in [9.17, 15) is 8.42 Å². The van der Waals surface area contributed by atoms with Crippen molar-refractivity contribution in [2.75, 3.05) is 12.5 Å². The molecule has 0 saturated heterocycles. The first-order valence-corrected chi connectivity index (χ1v) is 9.11. The van der Waals surface area contributed by atoms with E-state index in [1.54, 1.807) is 12.5 Å². The van der Waals surface area contributed by atoms with Gasteiger partial charge in [-0.25, -0.2) is 0 Å². The van der Waals surface area contributed by atoms with Crippen molar-refractivity contribution < 1.29 is 8.42 Å². The molecule has 0 heterocycles. The van der Waals surface area contributed by atoms with Gasteiger partial charge in [0.25, 0.3) is 0 Å². The highest BCUT2D eigenvalue weighted by molar-refractivity contribution is 7.85. The van der Waals surface area contributed by atoms with E-state index in [2.05, 4.69) is 0 Å². The second kappa shape index (κ2) is 5.21. The lowest BCUT2D eigenvalue weighted by molar-refractivity contribution is 0.683. The first-order valence-electron chi connectivity index (χ1n) is 5.45. The van der Waals surface area contributed by atoms with Gasteiger partial charge < -0.3 is 0 Å². The molecule has 1 fully saturated rings. The highest BCUT2D eigenvalue weighted by Gasteiger charge is 2.29. The Morgan fingerprint density at radius 2 is 1.94 bits per heavy atom. The van der Waals surface area contributed by atoms with E-state index in [0.717, 1.165) is 28.9 Å². The van der Waals surface area contributed by atoms with Gasteiger partial charge in [0.05, 0.1) is 16.6 Å². The predicted octanol–water partition coefficient (Wildman–Crippen LogP) is 2.83. The summed E-state index contributed by atoms with van der Waals surface area (Å²) in [4.78, 5) is 0.815. The largest absolute Gasteiger partial charge is 0.260 e. The lowest BCUT2D eigenvalue weighted by atomic mass is 10.1. The molecule has 0 amide bonds. The van der Waals surface area contributed by atoms with Crippen LogP contribution in [0.3, 0.4) is 0 Å². The summed E-state index contributed by atoms with van der Waals surface area (Å²) in [6.45, 7) is 0. The van der Waals surface area contributed by atoms with Gasteiger partial charge in [-0.15, -0.1) is 0 Å². The Labute approximate surface area is 112 Å². The highest BCUT2D eigenvalue weighted by atomic mass is 35.5. The molecule has 1 aliphatic rings. The van der Waals surface area contributed by atoms with Crippen molar-refractivity contribution in [2.24, 2.45) is 0 Å². The number of benzene rings is 1. The molecule has 1 saturated carbocycles. The van der Waals surface area contributed by atoms with Gasteiger partial charge in [-0.3, -0.25) is 8.42 Å². The van der Waals surface area contributed by atoms with E-state index in [1.165, 1.54) is 0 Å². The molecule has 1 aromatic carbocycles. The molecule has 94 valence electrons. The summed E-state index contributed by atoms with van der Waals surface area (Å²) in [5.41, 5.74) is 1.94. The maximum atomic E-state index is 11.9.